The van der Waals surface area contributed by atoms with Crippen molar-refractivity contribution in [1.29, 1.82) is 0 Å². The first kappa shape index (κ1) is 18.5. The van der Waals surface area contributed by atoms with Crippen LogP contribution in [0.5, 0.6) is 5.75 Å². The van der Waals surface area contributed by atoms with Gasteiger partial charge in [0.25, 0.3) is 0 Å². The fraction of sp³-hybridized carbons (Fsp3) is 0.300. The molecule has 2 aromatic carbocycles. The van der Waals surface area contributed by atoms with E-state index in [1.54, 1.807) is 11.8 Å². The molecule has 0 spiro atoms. The van der Waals surface area contributed by atoms with Gasteiger partial charge in [0.05, 0.1) is 6.61 Å². The Morgan fingerprint density at radius 2 is 1.77 bits per heavy atom. The smallest absolute Gasteiger partial charge is 0.196 e. The molecule has 0 aliphatic carbocycles. The van der Waals surface area contributed by atoms with Gasteiger partial charge < -0.3 is 9.47 Å². The minimum absolute atomic E-state index is 0.360. The number of hydrogen-bond acceptors (Lipinski definition) is 5. The van der Waals surface area contributed by atoms with Crippen LogP contribution < -0.4 is 4.74 Å². The van der Waals surface area contributed by atoms with Crippen molar-refractivity contribution >= 4 is 11.8 Å². The molecule has 3 rings (SSSR count). The van der Waals surface area contributed by atoms with Gasteiger partial charge in [0.2, 0.25) is 0 Å². The van der Waals surface area contributed by atoms with Gasteiger partial charge in [-0.15, -0.1) is 10.2 Å². The van der Waals surface area contributed by atoms with Crippen LogP contribution in [0.1, 0.15) is 18.3 Å². The third-order valence-electron chi connectivity index (χ3n) is 3.83. The summed E-state index contributed by atoms with van der Waals surface area (Å²) in [6.07, 6.45) is 0. The van der Waals surface area contributed by atoms with Crippen LogP contribution in [0, 0.1) is 6.92 Å². The SMILES string of the molecule is CCOCCSc1nnc(COc2ccccc2C)n1-c1ccccc1. The molecule has 3 aromatic rings. The van der Waals surface area contributed by atoms with Gasteiger partial charge >= 0.3 is 0 Å². The number of hydrogen-bond donors (Lipinski definition) is 0. The Balaban J connectivity index is 1.80. The van der Waals surface area contributed by atoms with Crippen molar-refractivity contribution in [2.45, 2.75) is 25.6 Å². The molecule has 0 unspecified atom stereocenters. The predicted molar refractivity (Wildman–Crippen MR) is 104 cm³/mol. The average molecular weight is 369 g/mol. The van der Waals surface area contributed by atoms with Gasteiger partial charge in [0, 0.05) is 18.0 Å². The summed E-state index contributed by atoms with van der Waals surface area (Å²) >= 11 is 1.64. The molecule has 26 heavy (non-hydrogen) atoms. The van der Waals surface area contributed by atoms with Gasteiger partial charge in [0.1, 0.15) is 12.4 Å². The van der Waals surface area contributed by atoms with Gasteiger partial charge in [0.15, 0.2) is 11.0 Å². The molecule has 136 valence electrons. The molecule has 0 atom stereocenters. The predicted octanol–water partition coefficient (Wildman–Crippen LogP) is 4.28. The zero-order chi connectivity index (χ0) is 18.2. The summed E-state index contributed by atoms with van der Waals surface area (Å²) in [4.78, 5) is 0. The molecule has 1 aromatic heterocycles. The molecule has 0 fully saturated rings. The number of ether oxygens (including phenoxy) is 2. The summed E-state index contributed by atoms with van der Waals surface area (Å²) in [7, 11) is 0. The normalized spacial score (nSPS) is 10.8. The standard InChI is InChI=1S/C20H23N3O2S/c1-3-24-13-14-26-20-22-21-19(23(20)17-10-5-4-6-11-17)15-25-18-12-8-7-9-16(18)2/h4-12H,3,13-15H2,1-2H3. The Bertz CT molecular complexity index is 821. The van der Waals surface area contributed by atoms with Crippen molar-refractivity contribution in [3.63, 3.8) is 0 Å². The van der Waals surface area contributed by atoms with E-state index in [1.165, 1.54) is 0 Å². The van der Waals surface area contributed by atoms with Crippen LogP contribution in [0.2, 0.25) is 0 Å². The summed E-state index contributed by atoms with van der Waals surface area (Å²) in [5, 5.41) is 9.57. The third kappa shape index (κ3) is 4.65. The van der Waals surface area contributed by atoms with E-state index < -0.39 is 0 Å². The lowest BCUT2D eigenvalue weighted by Crippen LogP contribution is -2.07. The first-order chi connectivity index (χ1) is 12.8. The fourth-order valence-corrected chi connectivity index (χ4v) is 3.34. The Kier molecular flexibility index (Phi) is 6.68. The van der Waals surface area contributed by atoms with Crippen LogP contribution in [0.4, 0.5) is 0 Å². The van der Waals surface area contributed by atoms with Crippen LogP contribution in [0.25, 0.3) is 5.69 Å². The Labute approximate surface area is 158 Å². The maximum Gasteiger partial charge on any atom is 0.196 e. The highest BCUT2D eigenvalue weighted by Crippen LogP contribution is 2.24. The second-order valence-electron chi connectivity index (χ2n) is 5.67. The van der Waals surface area contributed by atoms with E-state index in [4.69, 9.17) is 9.47 Å². The summed E-state index contributed by atoms with van der Waals surface area (Å²) < 4.78 is 13.5. The lowest BCUT2D eigenvalue weighted by atomic mass is 10.2. The lowest BCUT2D eigenvalue weighted by Gasteiger charge is -2.12. The van der Waals surface area contributed by atoms with Crippen molar-refractivity contribution in [3.8, 4) is 11.4 Å². The van der Waals surface area contributed by atoms with Gasteiger partial charge in [-0.1, -0.05) is 48.2 Å². The van der Waals surface area contributed by atoms with E-state index >= 15 is 0 Å². The van der Waals surface area contributed by atoms with Crippen molar-refractivity contribution in [2.24, 2.45) is 0 Å². The Morgan fingerprint density at radius 3 is 2.54 bits per heavy atom. The van der Waals surface area contributed by atoms with E-state index in [-0.39, 0.29) is 0 Å². The lowest BCUT2D eigenvalue weighted by molar-refractivity contribution is 0.164. The molecule has 0 aliphatic heterocycles. The summed E-state index contributed by atoms with van der Waals surface area (Å²) in [6.45, 7) is 5.81. The second kappa shape index (κ2) is 9.40. The zero-order valence-corrected chi connectivity index (χ0v) is 15.9. The molecule has 0 bridgehead atoms. The van der Waals surface area contributed by atoms with E-state index in [9.17, 15) is 0 Å². The third-order valence-corrected chi connectivity index (χ3v) is 4.72. The molecule has 0 amide bonds. The van der Waals surface area contributed by atoms with Crippen LogP contribution >= 0.6 is 11.8 Å². The maximum absolute atomic E-state index is 5.98. The number of nitrogens with zero attached hydrogens (tertiary/aromatic N) is 3. The van der Waals surface area contributed by atoms with Crippen LogP contribution in [0.15, 0.2) is 59.8 Å². The van der Waals surface area contributed by atoms with Gasteiger partial charge in [-0.25, -0.2) is 0 Å². The molecule has 6 heteroatoms. The van der Waals surface area contributed by atoms with Crippen LogP contribution in [-0.4, -0.2) is 33.7 Å². The van der Waals surface area contributed by atoms with Gasteiger partial charge in [-0.05, 0) is 37.6 Å². The van der Waals surface area contributed by atoms with Gasteiger partial charge in [-0.3, -0.25) is 4.57 Å². The minimum atomic E-state index is 0.360. The monoisotopic (exact) mass is 369 g/mol. The van der Waals surface area contributed by atoms with Crippen molar-refractivity contribution < 1.29 is 9.47 Å². The molecule has 0 radical (unpaired) electrons. The first-order valence-corrected chi connectivity index (χ1v) is 9.67. The quantitative estimate of drug-likeness (QED) is 0.416. The molecular formula is C20H23N3O2S. The number of aromatic nitrogens is 3. The molecule has 5 nitrogen and oxygen atoms in total. The van der Waals surface area contributed by atoms with Crippen LogP contribution in [-0.2, 0) is 11.3 Å². The number of benzene rings is 2. The van der Waals surface area contributed by atoms with Gasteiger partial charge in [-0.2, -0.15) is 0 Å². The van der Waals surface area contributed by atoms with Crippen LogP contribution in [0.3, 0.4) is 0 Å². The van der Waals surface area contributed by atoms with Crippen molar-refractivity contribution in [2.75, 3.05) is 19.0 Å². The average Bonchev–Trinajstić information content (AvgIpc) is 3.08. The largest absolute Gasteiger partial charge is 0.485 e. The summed E-state index contributed by atoms with van der Waals surface area (Å²) in [5.41, 5.74) is 2.13. The second-order valence-corrected chi connectivity index (χ2v) is 6.73. The van der Waals surface area contributed by atoms with Crippen molar-refractivity contribution in [3.05, 3.63) is 66.0 Å². The van der Waals surface area contributed by atoms with E-state index in [2.05, 4.69) is 14.8 Å². The van der Waals surface area contributed by atoms with E-state index in [0.29, 0.717) is 13.2 Å². The molecule has 0 N–H and O–H groups in total. The maximum atomic E-state index is 5.98. The highest BCUT2D eigenvalue weighted by Gasteiger charge is 2.15. The Hall–Kier alpha value is -2.31. The number of para-hydroxylation sites is 2. The first-order valence-electron chi connectivity index (χ1n) is 8.68. The zero-order valence-electron chi connectivity index (χ0n) is 15.1. The summed E-state index contributed by atoms with van der Waals surface area (Å²) in [6, 6.07) is 18.1. The fourth-order valence-electron chi connectivity index (χ4n) is 2.52. The van der Waals surface area contributed by atoms with E-state index in [1.807, 2.05) is 68.4 Å². The number of rotatable bonds is 9. The number of thioether (sulfide) groups is 1. The Morgan fingerprint density at radius 1 is 1.00 bits per heavy atom. The number of aryl methyl sites for hydroxylation is 1. The molecule has 0 aliphatic rings. The molecule has 0 saturated carbocycles. The molecular weight excluding hydrogens is 346 g/mol. The highest BCUT2D eigenvalue weighted by atomic mass is 32.2. The topological polar surface area (TPSA) is 49.2 Å². The molecule has 1 heterocycles. The minimum Gasteiger partial charge on any atom is -0.485 e. The van der Waals surface area contributed by atoms with E-state index in [0.717, 1.165) is 40.3 Å². The highest BCUT2D eigenvalue weighted by molar-refractivity contribution is 7.99. The summed E-state index contributed by atoms with van der Waals surface area (Å²) in [5.74, 6) is 2.47. The molecule has 0 saturated heterocycles. The van der Waals surface area contributed by atoms with Crippen molar-refractivity contribution in [1.82, 2.24) is 14.8 Å².